The van der Waals surface area contributed by atoms with Gasteiger partial charge in [-0.15, -0.1) is 0 Å². The maximum Gasteiger partial charge on any atom is 0.408 e. The fourth-order valence-corrected chi connectivity index (χ4v) is 8.49. The summed E-state index contributed by atoms with van der Waals surface area (Å²) in [4.78, 5) is 16.9. The first kappa shape index (κ1) is 24.1. The first-order chi connectivity index (χ1) is 18.1. The van der Waals surface area contributed by atoms with Gasteiger partial charge in [0.1, 0.15) is 5.60 Å². The lowest BCUT2D eigenvalue weighted by Crippen LogP contribution is -2.54. The molecule has 1 aromatic carbocycles. The molecule has 7 rings (SSSR count). The zero-order chi connectivity index (χ0) is 26.3. The van der Waals surface area contributed by atoms with Crippen LogP contribution in [0.3, 0.4) is 0 Å². The van der Waals surface area contributed by atoms with E-state index in [4.69, 9.17) is 9.47 Å². The van der Waals surface area contributed by atoms with Crippen LogP contribution in [0.2, 0.25) is 0 Å². The average Bonchev–Trinajstić information content (AvgIpc) is 3.37. The van der Waals surface area contributed by atoms with E-state index in [1.165, 1.54) is 40.3 Å². The fraction of sp³-hybridized carbons (Fsp3) is 0.515. The van der Waals surface area contributed by atoms with E-state index in [9.17, 15) is 4.79 Å². The largest absolute Gasteiger partial charge is 0.444 e. The van der Waals surface area contributed by atoms with Gasteiger partial charge in [-0.05, 0) is 104 Å². The van der Waals surface area contributed by atoms with Crippen LogP contribution >= 0.6 is 0 Å². The van der Waals surface area contributed by atoms with Crippen molar-refractivity contribution in [3.63, 3.8) is 0 Å². The molecule has 5 nitrogen and oxygen atoms in total. The maximum atomic E-state index is 12.5. The quantitative estimate of drug-likeness (QED) is 0.466. The molecule has 5 heteroatoms. The number of ether oxygens (including phenoxy) is 2. The highest BCUT2D eigenvalue weighted by atomic mass is 16.6. The SMILES string of the molecule is CC(C)(C)OC(=O)NC1C=CC2=CC3=CC[C@]4(C)[C@@H](c5ccc6ccncc6c5)CC[C@H]4[C@@]34CC[C@]2(C1)O4. The van der Waals surface area contributed by atoms with Gasteiger partial charge in [-0.25, -0.2) is 4.79 Å². The molecule has 38 heavy (non-hydrogen) atoms. The predicted molar refractivity (Wildman–Crippen MR) is 149 cm³/mol. The van der Waals surface area contributed by atoms with Crippen LogP contribution < -0.4 is 5.32 Å². The lowest BCUT2D eigenvalue weighted by molar-refractivity contribution is -0.129. The molecule has 1 N–H and O–H groups in total. The molecule has 1 saturated carbocycles. The van der Waals surface area contributed by atoms with Crippen molar-refractivity contribution in [1.82, 2.24) is 10.3 Å². The number of alkyl carbamates (subject to hydrolysis) is 1. The summed E-state index contributed by atoms with van der Waals surface area (Å²) >= 11 is 0. The van der Waals surface area contributed by atoms with Gasteiger partial charge in [0.05, 0.1) is 17.2 Å². The Balaban J connectivity index is 1.18. The molecule has 2 fully saturated rings. The highest BCUT2D eigenvalue weighted by Crippen LogP contribution is 2.68. The number of carbonyl (C=O) groups is 1. The van der Waals surface area contributed by atoms with Crippen molar-refractivity contribution in [2.45, 2.75) is 95.0 Å². The van der Waals surface area contributed by atoms with Crippen LogP contribution in [0, 0.1) is 11.3 Å². The second kappa shape index (κ2) is 8.05. The number of hydrogen-bond donors (Lipinski definition) is 1. The predicted octanol–water partition coefficient (Wildman–Crippen LogP) is 7.15. The minimum absolute atomic E-state index is 0.0970. The maximum absolute atomic E-state index is 12.5. The van der Waals surface area contributed by atoms with Gasteiger partial charge in [0.15, 0.2) is 0 Å². The van der Waals surface area contributed by atoms with E-state index in [1.807, 2.05) is 33.2 Å². The number of allylic oxidation sites excluding steroid dienone is 1. The fourth-order valence-electron chi connectivity index (χ4n) is 8.49. The van der Waals surface area contributed by atoms with E-state index in [0.29, 0.717) is 11.8 Å². The standard InChI is InChI=1S/C33H38N2O3/c1-30(2,3)37-29(36)35-26-8-7-24-18-25-11-13-31(4)27(22-6-5-21-12-16-34-20-23(21)17-22)9-10-28(31)33(25)15-14-32(24,19-26)38-33/h5-8,11-12,16-18,20,26-28H,9-10,13-15,19H2,1-4H3,(H,35,36)/t26?,27-,28-,31-,32-,33-/m1/s1. The van der Waals surface area contributed by atoms with E-state index >= 15 is 0 Å². The van der Waals surface area contributed by atoms with Crippen LogP contribution in [-0.4, -0.2) is 33.9 Å². The van der Waals surface area contributed by atoms with Crippen LogP contribution in [0.15, 0.2) is 72.1 Å². The number of carbonyl (C=O) groups excluding carboxylic acids is 1. The molecule has 2 bridgehead atoms. The summed E-state index contributed by atoms with van der Waals surface area (Å²) in [5.41, 5.74) is 3.15. The molecule has 3 heterocycles. The van der Waals surface area contributed by atoms with Crippen molar-refractivity contribution in [3.8, 4) is 0 Å². The van der Waals surface area contributed by atoms with Crippen molar-refractivity contribution >= 4 is 16.9 Å². The van der Waals surface area contributed by atoms with E-state index in [1.54, 1.807) is 0 Å². The van der Waals surface area contributed by atoms with E-state index in [-0.39, 0.29) is 28.8 Å². The third-order valence-electron chi connectivity index (χ3n) is 10.1. The number of aromatic nitrogens is 1. The van der Waals surface area contributed by atoms with Crippen molar-refractivity contribution in [1.29, 1.82) is 0 Å². The number of amides is 1. The molecule has 5 aliphatic rings. The highest BCUT2D eigenvalue weighted by Gasteiger charge is 2.66. The van der Waals surface area contributed by atoms with Crippen LogP contribution in [0.4, 0.5) is 4.79 Å². The summed E-state index contributed by atoms with van der Waals surface area (Å²) in [6, 6.07) is 8.96. The van der Waals surface area contributed by atoms with Crippen molar-refractivity contribution in [2.75, 3.05) is 0 Å². The molecule has 6 atom stereocenters. The molecular formula is C33H38N2O3. The Morgan fingerprint density at radius 1 is 1.13 bits per heavy atom. The summed E-state index contributed by atoms with van der Waals surface area (Å²) in [6.45, 7) is 8.19. The molecule has 2 aromatic rings. The van der Waals surface area contributed by atoms with Gasteiger partial charge in [-0.2, -0.15) is 0 Å². The average molecular weight is 511 g/mol. The molecule has 2 aliphatic heterocycles. The molecule has 198 valence electrons. The second-order valence-electron chi connectivity index (χ2n) is 13.4. The Bertz CT molecular complexity index is 1420. The third kappa shape index (κ3) is 3.54. The molecule has 1 aromatic heterocycles. The van der Waals surface area contributed by atoms with Crippen LogP contribution in [-0.2, 0) is 9.47 Å². The summed E-state index contributed by atoms with van der Waals surface area (Å²) < 4.78 is 12.9. The van der Waals surface area contributed by atoms with Gasteiger partial charge in [-0.3, -0.25) is 4.98 Å². The van der Waals surface area contributed by atoms with E-state index in [2.05, 4.69) is 65.8 Å². The van der Waals surface area contributed by atoms with Crippen molar-refractivity contribution in [3.05, 3.63) is 77.7 Å². The Kier molecular flexibility index (Phi) is 5.11. The molecule has 1 amide bonds. The Labute approximate surface area is 225 Å². The molecular weight excluding hydrogens is 472 g/mol. The summed E-state index contributed by atoms with van der Waals surface area (Å²) in [7, 11) is 0. The summed E-state index contributed by atoms with van der Waals surface area (Å²) in [5.74, 6) is 0.979. The van der Waals surface area contributed by atoms with Gasteiger partial charge in [0.2, 0.25) is 0 Å². The number of nitrogens with one attached hydrogen (secondary N) is 1. The number of nitrogens with zero attached hydrogens (tertiary/aromatic N) is 1. The Hall–Kier alpha value is -2.92. The Morgan fingerprint density at radius 2 is 2.00 bits per heavy atom. The summed E-state index contributed by atoms with van der Waals surface area (Å²) in [6.07, 6.45) is 18.9. The van der Waals surface area contributed by atoms with Gasteiger partial charge < -0.3 is 14.8 Å². The number of rotatable bonds is 2. The molecule has 1 saturated heterocycles. The van der Waals surface area contributed by atoms with Gasteiger partial charge in [0.25, 0.3) is 0 Å². The highest BCUT2D eigenvalue weighted by molar-refractivity contribution is 5.82. The minimum Gasteiger partial charge on any atom is -0.444 e. The topological polar surface area (TPSA) is 60.5 Å². The van der Waals surface area contributed by atoms with Gasteiger partial charge in [-0.1, -0.05) is 43.4 Å². The first-order valence-corrected chi connectivity index (χ1v) is 14.2. The summed E-state index contributed by atoms with van der Waals surface area (Å²) in [5, 5.41) is 5.55. The lowest BCUT2D eigenvalue weighted by atomic mass is 9.58. The minimum atomic E-state index is -0.516. The molecule has 1 unspecified atom stereocenters. The van der Waals surface area contributed by atoms with E-state index < -0.39 is 5.60 Å². The van der Waals surface area contributed by atoms with E-state index in [0.717, 1.165) is 25.7 Å². The monoisotopic (exact) mass is 510 g/mol. The molecule has 2 spiro atoms. The molecule has 3 aliphatic carbocycles. The van der Waals surface area contributed by atoms with Crippen LogP contribution in [0.25, 0.3) is 10.8 Å². The normalized spacial score (nSPS) is 37.1. The number of benzene rings is 1. The van der Waals surface area contributed by atoms with Crippen molar-refractivity contribution < 1.29 is 14.3 Å². The van der Waals surface area contributed by atoms with Crippen LogP contribution in [0.1, 0.15) is 77.7 Å². The Morgan fingerprint density at radius 3 is 2.84 bits per heavy atom. The lowest BCUT2D eigenvalue weighted by Gasteiger charge is -2.53. The third-order valence-corrected chi connectivity index (χ3v) is 10.1. The van der Waals surface area contributed by atoms with Gasteiger partial charge in [0, 0.05) is 24.2 Å². The number of pyridine rings is 1. The zero-order valence-corrected chi connectivity index (χ0v) is 22.9. The molecule has 0 radical (unpaired) electrons. The van der Waals surface area contributed by atoms with Crippen LogP contribution in [0.5, 0.6) is 0 Å². The first-order valence-electron chi connectivity index (χ1n) is 14.2. The van der Waals surface area contributed by atoms with Gasteiger partial charge >= 0.3 is 6.09 Å². The second-order valence-corrected chi connectivity index (χ2v) is 13.4. The van der Waals surface area contributed by atoms with Crippen molar-refractivity contribution in [2.24, 2.45) is 11.3 Å². The number of fused-ring (bicyclic) bond motifs is 2. The zero-order valence-electron chi connectivity index (χ0n) is 22.9. The smallest absolute Gasteiger partial charge is 0.408 e. The number of hydrogen-bond acceptors (Lipinski definition) is 4.